The van der Waals surface area contributed by atoms with Gasteiger partial charge in [-0.2, -0.15) is 0 Å². The Hall–Kier alpha value is -2.86. The van der Waals surface area contributed by atoms with Gasteiger partial charge in [0.2, 0.25) is 0 Å². The van der Waals surface area contributed by atoms with Crippen molar-refractivity contribution < 1.29 is 14.2 Å². The Balaban J connectivity index is 1.79. The fourth-order valence-corrected chi connectivity index (χ4v) is 1.72. The summed E-state index contributed by atoms with van der Waals surface area (Å²) in [7, 11) is 3.28. The van der Waals surface area contributed by atoms with Crippen molar-refractivity contribution in [3.63, 3.8) is 0 Å². The molecule has 0 aromatic heterocycles. The molecule has 0 fully saturated rings. The average Bonchev–Trinajstić information content (AvgIpc) is 2.59. The van der Waals surface area contributed by atoms with Crippen LogP contribution < -0.4 is 14.2 Å². The summed E-state index contributed by atoms with van der Waals surface area (Å²) in [6.07, 6.45) is 3.66. The van der Waals surface area contributed by atoms with E-state index in [1.54, 1.807) is 20.3 Å². The molecule has 3 heteroatoms. The molecule has 0 spiro atoms. The van der Waals surface area contributed by atoms with Crippen LogP contribution in [-0.2, 0) is 0 Å². The van der Waals surface area contributed by atoms with Crippen molar-refractivity contribution in [2.75, 3.05) is 20.8 Å². The lowest BCUT2D eigenvalue weighted by molar-refractivity contribution is 0.361. The van der Waals surface area contributed by atoms with Crippen LogP contribution in [0.2, 0.25) is 0 Å². The zero-order valence-electron chi connectivity index (χ0n) is 12.7. The molecule has 0 heterocycles. The van der Waals surface area contributed by atoms with E-state index in [0.717, 1.165) is 22.8 Å². The van der Waals surface area contributed by atoms with Crippen molar-refractivity contribution in [3.8, 4) is 29.1 Å². The number of rotatable bonds is 5. The molecule has 0 atom stereocenters. The Morgan fingerprint density at radius 2 is 1.36 bits per heavy atom. The zero-order valence-corrected chi connectivity index (χ0v) is 12.7. The Bertz CT molecular complexity index is 659. The van der Waals surface area contributed by atoms with E-state index in [1.807, 2.05) is 54.6 Å². The molecular weight excluding hydrogens is 276 g/mol. The van der Waals surface area contributed by atoms with E-state index in [0.29, 0.717) is 6.61 Å². The van der Waals surface area contributed by atoms with E-state index >= 15 is 0 Å². The number of benzene rings is 2. The van der Waals surface area contributed by atoms with Crippen LogP contribution in [0.4, 0.5) is 0 Å². The summed E-state index contributed by atoms with van der Waals surface area (Å²) in [5.74, 6) is 8.46. The molecule has 0 aliphatic heterocycles. The summed E-state index contributed by atoms with van der Waals surface area (Å²) < 4.78 is 15.7. The van der Waals surface area contributed by atoms with Crippen LogP contribution in [-0.4, -0.2) is 20.8 Å². The van der Waals surface area contributed by atoms with E-state index in [2.05, 4.69) is 11.8 Å². The summed E-state index contributed by atoms with van der Waals surface area (Å²) in [5.41, 5.74) is 0.946. The van der Waals surface area contributed by atoms with Crippen LogP contribution in [0.15, 0.2) is 60.7 Å². The zero-order chi connectivity index (χ0) is 15.6. The molecular formula is C19H18O3. The van der Waals surface area contributed by atoms with Crippen molar-refractivity contribution in [2.24, 2.45) is 0 Å². The van der Waals surface area contributed by atoms with Crippen LogP contribution in [0.25, 0.3) is 0 Å². The quantitative estimate of drug-likeness (QED) is 0.787. The highest BCUT2D eigenvalue weighted by Crippen LogP contribution is 2.16. The highest BCUT2D eigenvalue weighted by molar-refractivity contribution is 5.40. The van der Waals surface area contributed by atoms with Crippen molar-refractivity contribution in [3.05, 3.63) is 66.2 Å². The normalized spacial score (nSPS) is 9.91. The first-order chi connectivity index (χ1) is 10.8. The van der Waals surface area contributed by atoms with Crippen molar-refractivity contribution in [1.29, 1.82) is 0 Å². The predicted molar refractivity (Wildman–Crippen MR) is 87.5 cm³/mol. The van der Waals surface area contributed by atoms with E-state index in [4.69, 9.17) is 14.2 Å². The summed E-state index contributed by atoms with van der Waals surface area (Å²) in [5, 5.41) is 0. The Labute approximate surface area is 131 Å². The first kappa shape index (κ1) is 15.5. The molecule has 0 radical (unpaired) electrons. The minimum absolute atomic E-state index is 0.476. The van der Waals surface area contributed by atoms with Crippen LogP contribution in [0.1, 0.15) is 5.56 Å². The van der Waals surface area contributed by atoms with Gasteiger partial charge in [0.1, 0.15) is 23.9 Å². The molecule has 0 amide bonds. The Morgan fingerprint density at radius 3 is 1.95 bits per heavy atom. The number of ether oxygens (including phenoxy) is 3. The largest absolute Gasteiger partial charge is 0.497 e. The van der Waals surface area contributed by atoms with Gasteiger partial charge in [0, 0.05) is 5.56 Å². The van der Waals surface area contributed by atoms with Crippen LogP contribution in [0, 0.1) is 11.8 Å². The number of hydrogen-bond donors (Lipinski definition) is 0. The molecule has 2 rings (SSSR count). The molecule has 2 aromatic rings. The molecule has 0 aliphatic rings. The highest BCUT2D eigenvalue weighted by Gasteiger charge is 1.93. The van der Waals surface area contributed by atoms with Gasteiger partial charge in [-0.25, -0.2) is 0 Å². The second kappa shape index (κ2) is 8.43. The number of allylic oxidation sites excluding steroid dienone is 1. The van der Waals surface area contributed by atoms with E-state index < -0.39 is 0 Å². The van der Waals surface area contributed by atoms with Gasteiger partial charge in [0.25, 0.3) is 0 Å². The second-order valence-electron chi connectivity index (χ2n) is 4.39. The molecule has 0 bridgehead atoms. The van der Waals surface area contributed by atoms with E-state index in [9.17, 15) is 0 Å². The van der Waals surface area contributed by atoms with Gasteiger partial charge >= 0.3 is 0 Å². The molecule has 3 nitrogen and oxygen atoms in total. The minimum Gasteiger partial charge on any atom is -0.497 e. The summed E-state index contributed by atoms with van der Waals surface area (Å²) in [6, 6.07) is 15.1. The second-order valence-corrected chi connectivity index (χ2v) is 4.39. The topological polar surface area (TPSA) is 27.7 Å². The standard InChI is InChI=1S/C19H18O3/c1-20-17-9-7-16(8-10-17)6-4-3-5-15-22-19-13-11-18(21-2)12-14-19/h3,5,7-14H,15H2,1-2H3/b5-3+. The van der Waals surface area contributed by atoms with Crippen molar-refractivity contribution in [2.45, 2.75) is 0 Å². The van der Waals surface area contributed by atoms with Gasteiger partial charge < -0.3 is 14.2 Å². The van der Waals surface area contributed by atoms with Crippen LogP contribution in [0.3, 0.4) is 0 Å². The molecule has 0 N–H and O–H groups in total. The summed E-state index contributed by atoms with van der Waals surface area (Å²) in [6.45, 7) is 0.476. The summed E-state index contributed by atoms with van der Waals surface area (Å²) in [4.78, 5) is 0. The van der Waals surface area contributed by atoms with Crippen molar-refractivity contribution >= 4 is 0 Å². The smallest absolute Gasteiger partial charge is 0.120 e. The fourth-order valence-electron chi connectivity index (χ4n) is 1.72. The lowest BCUT2D eigenvalue weighted by Gasteiger charge is -2.03. The van der Waals surface area contributed by atoms with E-state index in [1.165, 1.54) is 0 Å². The maximum absolute atomic E-state index is 5.56. The molecule has 0 aliphatic carbocycles. The molecule has 0 unspecified atom stereocenters. The van der Waals surface area contributed by atoms with Gasteiger partial charge in [-0.3, -0.25) is 0 Å². The molecule has 2 aromatic carbocycles. The van der Waals surface area contributed by atoms with Crippen LogP contribution in [0.5, 0.6) is 17.2 Å². The minimum atomic E-state index is 0.476. The third-order valence-electron chi connectivity index (χ3n) is 2.91. The van der Waals surface area contributed by atoms with Gasteiger partial charge in [-0.05, 0) is 60.7 Å². The fraction of sp³-hybridized carbons (Fsp3) is 0.158. The van der Waals surface area contributed by atoms with Crippen LogP contribution >= 0.6 is 0 Å². The SMILES string of the molecule is COc1ccc(C#C/C=C/COc2ccc(OC)cc2)cc1. The van der Waals surface area contributed by atoms with Gasteiger partial charge in [-0.1, -0.05) is 11.8 Å². The maximum atomic E-state index is 5.56. The lowest BCUT2D eigenvalue weighted by Crippen LogP contribution is -1.92. The first-order valence-corrected chi connectivity index (χ1v) is 6.89. The van der Waals surface area contributed by atoms with E-state index in [-0.39, 0.29) is 0 Å². The monoisotopic (exact) mass is 294 g/mol. The third kappa shape index (κ3) is 4.92. The Morgan fingerprint density at radius 1 is 0.818 bits per heavy atom. The molecule has 0 saturated carbocycles. The number of methoxy groups -OCH3 is 2. The molecule has 112 valence electrons. The molecule has 0 saturated heterocycles. The van der Waals surface area contributed by atoms with Gasteiger partial charge in [0.05, 0.1) is 14.2 Å². The first-order valence-electron chi connectivity index (χ1n) is 6.89. The lowest BCUT2D eigenvalue weighted by atomic mass is 10.2. The highest BCUT2D eigenvalue weighted by atomic mass is 16.5. The maximum Gasteiger partial charge on any atom is 0.120 e. The summed E-state index contributed by atoms with van der Waals surface area (Å²) >= 11 is 0. The van der Waals surface area contributed by atoms with Gasteiger partial charge in [0.15, 0.2) is 0 Å². The Kier molecular flexibility index (Phi) is 5.95. The number of hydrogen-bond acceptors (Lipinski definition) is 3. The average molecular weight is 294 g/mol. The van der Waals surface area contributed by atoms with Crippen molar-refractivity contribution in [1.82, 2.24) is 0 Å². The van der Waals surface area contributed by atoms with Gasteiger partial charge in [-0.15, -0.1) is 0 Å². The third-order valence-corrected chi connectivity index (χ3v) is 2.91. The predicted octanol–water partition coefficient (Wildman–Crippen LogP) is 3.69. The molecule has 22 heavy (non-hydrogen) atoms.